The first-order chi connectivity index (χ1) is 19.3. The zero-order valence-electron chi connectivity index (χ0n) is 23.7. The number of likely N-dealkylation sites (tertiary alicyclic amines) is 1. The molecule has 0 unspecified atom stereocenters. The van der Waals surface area contributed by atoms with Crippen LogP contribution in [0.25, 0.3) is 0 Å². The molecule has 210 valence electrons. The van der Waals surface area contributed by atoms with Crippen molar-refractivity contribution in [1.29, 1.82) is 0 Å². The molecule has 1 aromatic heterocycles. The summed E-state index contributed by atoms with van der Waals surface area (Å²) in [5.74, 6) is 8.14. The van der Waals surface area contributed by atoms with Crippen molar-refractivity contribution in [2.24, 2.45) is 0 Å². The van der Waals surface area contributed by atoms with Crippen LogP contribution in [0.5, 0.6) is 5.75 Å². The minimum absolute atomic E-state index is 0.105. The summed E-state index contributed by atoms with van der Waals surface area (Å²) in [6.45, 7) is 11.1. The van der Waals surface area contributed by atoms with Crippen molar-refractivity contribution >= 4 is 5.78 Å². The topological polar surface area (TPSA) is 74.0 Å². The highest BCUT2D eigenvalue weighted by atomic mass is 16.6. The highest BCUT2D eigenvalue weighted by molar-refractivity contribution is 5.82. The van der Waals surface area contributed by atoms with Gasteiger partial charge in [0, 0.05) is 48.7 Å². The SMILES string of the molecule is CC(C)(C)c1cc(CC(=O)Cc2ccc(C#Cc3ccc(OCCCN4C[C@@H]5OCCO[C@@H]5C4)cc3)cc2)no1. The lowest BCUT2D eigenvalue weighted by molar-refractivity contribution is -0.117. The van der Waals surface area contributed by atoms with Crippen LogP contribution in [0.15, 0.2) is 59.1 Å². The first-order valence-electron chi connectivity index (χ1n) is 14.1. The average Bonchev–Trinajstić information content (AvgIpc) is 3.58. The molecule has 0 bridgehead atoms. The van der Waals surface area contributed by atoms with Crippen LogP contribution in [0, 0.1) is 11.8 Å². The van der Waals surface area contributed by atoms with Gasteiger partial charge in [0.1, 0.15) is 17.3 Å². The number of benzene rings is 2. The van der Waals surface area contributed by atoms with Gasteiger partial charge in [-0.05, 0) is 48.4 Å². The lowest BCUT2D eigenvalue weighted by Crippen LogP contribution is -2.36. The van der Waals surface area contributed by atoms with Gasteiger partial charge < -0.3 is 18.7 Å². The van der Waals surface area contributed by atoms with Crippen LogP contribution in [0.3, 0.4) is 0 Å². The van der Waals surface area contributed by atoms with E-state index in [1.165, 1.54) is 0 Å². The zero-order valence-corrected chi connectivity index (χ0v) is 23.7. The number of carbonyl (C=O) groups is 1. The maximum atomic E-state index is 12.5. The minimum atomic E-state index is -0.125. The second-order valence-electron chi connectivity index (χ2n) is 11.6. The van der Waals surface area contributed by atoms with E-state index in [1.54, 1.807) is 0 Å². The quantitative estimate of drug-likeness (QED) is 0.289. The number of fused-ring (bicyclic) bond motifs is 1. The largest absolute Gasteiger partial charge is 0.494 e. The molecule has 0 amide bonds. The van der Waals surface area contributed by atoms with E-state index in [9.17, 15) is 4.79 Å². The van der Waals surface area contributed by atoms with Crippen molar-refractivity contribution < 1.29 is 23.5 Å². The Bertz CT molecular complexity index is 1310. The highest BCUT2D eigenvalue weighted by Crippen LogP contribution is 2.23. The van der Waals surface area contributed by atoms with E-state index in [4.69, 9.17) is 18.7 Å². The molecule has 2 saturated heterocycles. The van der Waals surface area contributed by atoms with E-state index in [-0.39, 0.29) is 29.8 Å². The molecule has 3 aromatic rings. The predicted molar refractivity (Wildman–Crippen MR) is 153 cm³/mol. The maximum absolute atomic E-state index is 12.5. The van der Waals surface area contributed by atoms with E-state index in [0.717, 1.165) is 54.3 Å². The second kappa shape index (κ2) is 12.8. The molecule has 0 N–H and O–H groups in total. The van der Waals surface area contributed by atoms with Crippen LogP contribution in [-0.2, 0) is 32.5 Å². The summed E-state index contributed by atoms with van der Waals surface area (Å²) in [5.41, 5.74) is 3.34. The van der Waals surface area contributed by atoms with Gasteiger partial charge in [-0.2, -0.15) is 0 Å². The Hall–Kier alpha value is -3.44. The van der Waals surface area contributed by atoms with Gasteiger partial charge in [0.25, 0.3) is 0 Å². The van der Waals surface area contributed by atoms with Gasteiger partial charge >= 0.3 is 0 Å². The fraction of sp³-hybridized carbons (Fsp3) is 0.455. The van der Waals surface area contributed by atoms with Crippen molar-refractivity contribution in [3.05, 3.63) is 82.7 Å². The lowest BCUT2D eigenvalue weighted by atomic mass is 9.93. The monoisotopic (exact) mass is 542 g/mol. The van der Waals surface area contributed by atoms with E-state index in [0.29, 0.717) is 31.9 Å². The second-order valence-corrected chi connectivity index (χ2v) is 11.6. The Morgan fingerprint density at radius 1 is 0.950 bits per heavy atom. The third kappa shape index (κ3) is 7.82. The standard InChI is InChI=1S/C33H38N2O5/c1-33(2,3)32-21-27(34-40-32)20-28(36)19-26-9-7-24(8-10-26)5-6-25-11-13-29(14-12-25)37-16-4-15-35-22-30-31(23-35)39-18-17-38-30/h7-14,21,30-31H,4,15-20,22-23H2,1-3H3/t30-,31+. The van der Waals surface area contributed by atoms with Crippen LogP contribution >= 0.6 is 0 Å². The molecule has 3 heterocycles. The van der Waals surface area contributed by atoms with Crippen LogP contribution in [0.4, 0.5) is 0 Å². The Morgan fingerprint density at radius 3 is 2.17 bits per heavy atom. The molecular formula is C33H38N2O5. The summed E-state index contributed by atoms with van der Waals surface area (Å²) in [5, 5.41) is 4.05. The zero-order chi connectivity index (χ0) is 28.0. The fourth-order valence-electron chi connectivity index (χ4n) is 4.92. The number of ether oxygens (including phenoxy) is 3. The summed E-state index contributed by atoms with van der Waals surface area (Å²) < 4.78 is 22.9. The van der Waals surface area contributed by atoms with Gasteiger partial charge in [-0.25, -0.2) is 0 Å². The molecule has 7 heteroatoms. The number of carbonyl (C=O) groups excluding carboxylic acids is 1. The molecular weight excluding hydrogens is 504 g/mol. The predicted octanol–water partition coefficient (Wildman–Crippen LogP) is 4.59. The van der Waals surface area contributed by atoms with Crippen molar-refractivity contribution in [2.75, 3.05) is 39.5 Å². The van der Waals surface area contributed by atoms with Crippen LogP contribution < -0.4 is 4.74 Å². The van der Waals surface area contributed by atoms with Crippen molar-refractivity contribution in [3.63, 3.8) is 0 Å². The third-order valence-electron chi connectivity index (χ3n) is 7.16. The Labute approximate surface area is 236 Å². The molecule has 0 saturated carbocycles. The average molecular weight is 543 g/mol. The van der Waals surface area contributed by atoms with Crippen molar-refractivity contribution in [1.82, 2.24) is 10.1 Å². The number of Topliss-reactive ketones (excluding diaryl/α,β-unsaturated/α-hetero) is 1. The normalized spacial score (nSPS) is 19.1. The molecule has 2 aliphatic rings. The summed E-state index contributed by atoms with van der Waals surface area (Å²) in [7, 11) is 0. The maximum Gasteiger partial charge on any atom is 0.143 e. The van der Waals surface area contributed by atoms with Crippen LogP contribution in [0.2, 0.25) is 0 Å². The number of ketones is 1. The Kier molecular flexibility index (Phi) is 9.01. The van der Waals surface area contributed by atoms with Gasteiger partial charge in [0.05, 0.1) is 44.1 Å². The number of nitrogens with zero attached hydrogens (tertiary/aromatic N) is 2. The summed E-state index contributed by atoms with van der Waals surface area (Å²) in [4.78, 5) is 14.9. The first kappa shape index (κ1) is 28.1. The van der Waals surface area contributed by atoms with Gasteiger partial charge in [-0.3, -0.25) is 9.69 Å². The molecule has 5 rings (SSSR count). The van der Waals surface area contributed by atoms with E-state index < -0.39 is 0 Å². The number of hydrogen-bond donors (Lipinski definition) is 0. The molecule has 2 aromatic carbocycles. The Morgan fingerprint density at radius 2 is 1.57 bits per heavy atom. The molecule has 2 atom stereocenters. The fourth-order valence-corrected chi connectivity index (χ4v) is 4.92. The summed E-state index contributed by atoms with van der Waals surface area (Å²) in [6, 6.07) is 17.6. The van der Waals surface area contributed by atoms with E-state index in [1.807, 2.05) is 54.6 Å². The Balaban J connectivity index is 1.03. The van der Waals surface area contributed by atoms with Gasteiger partial charge in [0.2, 0.25) is 0 Å². The summed E-state index contributed by atoms with van der Waals surface area (Å²) in [6.07, 6.45) is 2.04. The van der Waals surface area contributed by atoms with E-state index >= 15 is 0 Å². The van der Waals surface area contributed by atoms with E-state index in [2.05, 4.69) is 42.7 Å². The molecule has 7 nitrogen and oxygen atoms in total. The molecule has 2 fully saturated rings. The molecule has 40 heavy (non-hydrogen) atoms. The first-order valence-corrected chi connectivity index (χ1v) is 14.1. The van der Waals surface area contributed by atoms with Crippen molar-refractivity contribution in [3.8, 4) is 17.6 Å². The molecule has 2 aliphatic heterocycles. The van der Waals surface area contributed by atoms with Gasteiger partial charge in [-0.1, -0.05) is 49.9 Å². The van der Waals surface area contributed by atoms with Gasteiger partial charge in [0.15, 0.2) is 0 Å². The van der Waals surface area contributed by atoms with Crippen LogP contribution in [-0.4, -0.2) is 67.5 Å². The number of aromatic nitrogens is 1. The lowest BCUT2D eigenvalue weighted by Gasteiger charge is -2.24. The molecule has 0 spiro atoms. The van der Waals surface area contributed by atoms with Crippen molar-refractivity contribution in [2.45, 2.75) is 57.7 Å². The number of hydrogen-bond acceptors (Lipinski definition) is 7. The third-order valence-corrected chi connectivity index (χ3v) is 7.16. The molecule has 0 radical (unpaired) electrons. The smallest absolute Gasteiger partial charge is 0.143 e. The number of rotatable bonds is 9. The molecule has 0 aliphatic carbocycles. The van der Waals surface area contributed by atoms with Gasteiger partial charge in [-0.15, -0.1) is 0 Å². The van der Waals surface area contributed by atoms with Crippen LogP contribution in [0.1, 0.15) is 55.3 Å². The summed E-state index contributed by atoms with van der Waals surface area (Å²) >= 11 is 0. The highest BCUT2D eigenvalue weighted by Gasteiger charge is 2.36. The minimum Gasteiger partial charge on any atom is -0.494 e.